The zero-order valence-corrected chi connectivity index (χ0v) is 23.2. The van der Waals surface area contributed by atoms with Gasteiger partial charge in [-0.15, -0.1) is 0 Å². The Bertz CT molecular complexity index is 1380. The zero-order chi connectivity index (χ0) is 27.5. The highest BCUT2D eigenvalue weighted by Gasteiger charge is 2.43. The van der Waals surface area contributed by atoms with E-state index in [1.807, 2.05) is 31.2 Å². The molecule has 1 fully saturated rings. The smallest absolute Gasteiger partial charge is 0.411 e. The highest BCUT2D eigenvalue weighted by Crippen LogP contribution is 2.40. The van der Waals surface area contributed by atoms with Gasteiger partial charge in [-0.25, -0.2) is 9.18 Å². The number of pyridine rings is 1. The highest BCUT2D eigenvalue weighted by atomic mass is 32.3. The van der Waals surface area contributed by atoms with Gasteiger partial charge in [0.15, 0.2) is 0 Å². The summed E-state index contributed by atoms with van der Waals surface area (Å²) in [5.74, 6) is -0.345. The minimum absolute atomic E-state index is 0.0636. The number of carbonyl (C=O) groups is 1. The number of ether oxygens (including phenoxy) is 1. The number of nitrogens with zero attached hydrogens (tertiary/aromatic N) is 2. The van der Waals surface area contributed by atoms with Gasteiger partial charge in [0.2, 0.25) is 5.56 Å². The number of aryl methyl sites for hydroxylation is 1. The van der Waals surface area contributed by atoms with Gasteiger partial charge in [0.1, 0.15) is 11.4 Å². The third kappa shape index (κ3) is 6.39. The molecule has 9 heteroatoms. The van der Waals surface area contributed by atoms with Gasteiger partial charge in [-0.05, 0) is 60.2 Å². The summed E-state index contributed by atoms with van der Waals surface area (Å²) in [7, 11) is -0.643. The van der Waals surface area contributed by atoms with Crippen molar-refractivity contribution in [3.8, 4) is 11.1 Å². The van der Waals surface area contributed by atoms with E-state index in [2.05, 4.69) is 4.72 Å². The fourth-order valence-electron chi connectivity index (χ4n) is 4.92. The van der Waals surface area contributed by atoms with Crippen LogP contribution in [0.4, 0.5) is 9.18 Å². The van der Waals surface area contributed by atoms with E-state index < -0.39 is 21.8 Å². The molecule has 0 aliphatic carbocycles. The molecule has 0 radical (unpaired) electrons. The third-order valence-electron chi connectivity index (χ3n) is 7.17. The van der Waals surface area contributed by atoms with E-state index in [-0.39, 0.29) is 17.4 Å². The second kappa shape index (κ2) is 11.2. The molecule has 4 rings (SSSR count). The quantitative estimate of drug-likeness (QED) is 0.308. The monoisotopic (exact) mass is 541 g/mol. The molecule has 7 nitrogen and oxygen atoms in total. The Kier molecular flexibility index (Phi) is 8.18. The van der Waals surface area contributed by atoms with Gasteiger partial charge >= 0.3 is 6.09 Å². The van der Waals surface area contributed by atoms with Crippen LogP contribution in [0.3, 0.4) is 0 Å². The maximum Gasteiger partial charge on any atom is 0.411 e. The van der Waals surface area contributed by atoms with E-state index >= 15 is 0 Å². The van der Waals surface area contributed by atoms with E-state index in [1.54, 1.807) is 59.5 Å². The van der Waals surface area contributed by atoms with Gasteiger partial charge in [-0.3, -0.25) is 13.7 Å². The number of rotatable bonds is 9. The standard InChI is InChI=1S/C29H36FN3O4S/c1-21(22-6-8-23(9-7-22)24-10-15-27(34)32(2)20-24)33-19-17-29(37-28(33)35,16-5-18-31-38(3,4)36)25-11-13-26(30)14-12-25/h6-15,20-21,38H,5,16-19H2,1-4H3,(H,31,36)/t21-,29+/m0/s1. The number of benzene rings is 2. The maximum absolute atomic E-state index is 13.7. The normalized spacial score (nSPS) is 19.2. The molecular weight excluding hydrogens is 505 g/mol. The van der Waals surface area contributed by atoms with Crippen LogP contribution >= 0.6 is 0 Å². The minimum Gasteiger partial charge on any atom is -0.438 e. The molecule has 1 saturated heterocycles. The molecule has 0 bridgehead atoms. The van der Waals surface area contributed by atoms with Crippen molar-refractivity contribution in [2.24, 2.45) is 7.05 Å². The predicted molar refractivity (Wildman–Crippen MR) is 150 cm³/mol. The lowest BCUT2D eigenvalue weighted by Gasteiger charge is -2.43. The second-order valence-corrected chi connectivity index (χ2v) is 13.4. The van der Waals surface area contributed by atoms with E-state index in [0.29, 0.717) is 32.4 Å². The Morgan fingerprint density at radius 3 is 2.29 bits per heavy atom. The van der Waals surface area contributed by atoms with E-state index in [9.17, 15) is 18.2 Å². The molecule has 204 valence electrons. The summed E-state index contributed by atoms with van der Waals surface area (Å²) in [6, 6.07) is 17.2. The maximum atomic E-state index is 13.7. The summed E-state index contributed by atoms with van der Waals surface area (Å²) in [4.78, 5) is 26.8. The number of thiol groups is 1. The fourth-order valence-corrected chi connectivity index (χ4v) is 5.62. The number of aromatic nitrogens is 1. The zero-order valence-electron chi connectivity index (χ0n) is 22.3. The molecule has 1 amide bonds. The molecule has 1 aliphatic heterocycles. The Labute approximate surface area is 224 Å². The lowest BCUT2D eigenvalue weighted by molar-refractivity contribution is -0.0662. The van der Waals surface area contributed by atoms with E-state index in [4.69, 9.17) is 4.74 Å². The van der Waals surface area contributed by atoms with Crippen LogP contribution in [0, 0.1) is 5.82 Å². The largest absolute Gasteiger partial charge is 0.438 e. The second-order valence-electron chi connectivity index (χ2n) is 10.3. The van der Waals surface area contributed by atoms with Crippen molar-refractivity contribution in [1.82, 2.24) is 14.2 Å². The number of carbonyl (C=O) groups excluding carboxylic acids is 1. The number of halogens is 1. The van der Waals surface area contributed by atoms with E-state index in [1.165, 1.54) is 12.1 Å². The molecular formula is C29H36FN3O4S. The number of hydrogen-bond acceptors (Lipinski definition) is 4. The molecule has 2 aromatic carbocycles. The SMILES string of the molecule is C[C@@H](c1ccc(-c2ccc(=O)n(C)c2)cc1)N1CC[C@](CCCN[SH](C)(C)=O)(c2ccc(F)cc2)OC1=O. The molecule has 0 spiro atoms. The Balaban J connectivity index is 1.49. The van der Waals surface area contributed by atoms with Gasteiger partial charge in [0.25, 0.3) is 0 Å². The molecule has 38 heavy (non-hydrogen) atoms. The van der Waals surface area contributed by atoms with Crippen molar-refractivity contribution in [1.29, 1.82) is 0 Å². The molecule has 0 saturated carbocycles. The first-order chi connectivity index (χ1) is 18.0. The number of amides is 1. The summed E-state index contributed by atoms with van der Waals surface area (Å²) in [6.07, 6.45) is 6.48. The Morgan fingerprint density at radius 1 is 1.03 bits per heavy atom. The molecule has 0 unspecified atom stereocenters. The van der Waals surface area contributed by atoms with Crippen LogP contribution in [0.1, 0.15) is 43.4 Å². The molecule has 1 N–H and O–H groups in total. The van der Waals surface area contributed by atoms with Crippen molar-refractivity contribution in [2.45, 2.75) is 37.8 Å². The van der Waals surface area contributed by atoms with Crippen LogP contribution in [0.5, 0.6) is 0 Å². The van der Waals surface area contributed by atoms with Crippen LogP contribution in [0.2, 0.25) is 0 Å². The Hall–Kier alpha value is -3.30. The molecule has 2 heterocycles. The van der Waals surface area contributed by atoms with Gasteiger partial charge in [0, 0.05) is 51.3 Å². The van der Waals surface area contributed by atoms with Crippen molar-refractivity contribution in [3.63, 3.8) is 0 Å². The first kappa shape index (κ1) is 27.7. The molecule has 2 atom stereocenters. The van der Waals surface area contributed by atoms with Crippen molar-refractivity contribution >= 4 is 16.2 Å². The predicted octanol–water partition coefficient (Wildman–Crippen LogP) is 4.55. The lowest BCUT2D eigenvalue weighted by Crippen LogP contribution is -2.49. The average Bonchev–Trinajstić information content (AvgIpc) is 2.88. The van der Waals surface area contributed by atoms with Crippen LogP contribution in [-0.4, -0.2) is 45.4 Å². The van der Waals surface area contributed by atoms with Crippen LogP contribution in [0.15, 0.2) is 71.7 Å². The summed E-state index contributed by atoms with van der Waals surface area (Å²) in [5, 5.41) is 0. The summed E-state index contributed by atoms with van der Waals surface area (Å²) in [5.41, 5.74) is 2.70. The van der Waals surface area contributed by atoms with Crippen molar-refractivity contribution in [2.75, 3.05) is 25.6 Å². The molecule has 3 aromatic rings. The minimum atomic E-state index is -2.36. The summed E-state index contributed by atoms with van der Waals surface area (Å²) in [6.45, 7) is 2.98. The summed E-state index contributed by atoms with van der Waals surface area (Å²) >= 11 is 0. The van der Waals surface area contributed by atoms with Gasteiger partial charge in [-0.2, -0.15) is 0 Å². The first-order valence-corrected chi connectivity index (χ1v) is 15.4. The van der Waals surface area contributed by atoms with Crippen molar-refractivity contribution in [3.05, 3.63) is 94.2 Å². The van der Waals surface area contributed by atoms with E-state index in [0.717, 1.165) is 22.3 Å². The number of hydrogen-bond donors (Lipinski definition) is 2. The molecule has 1 aromatic heterocycles. The van der Waals surface area contributed by atoms with Gasteiger partial charge in [-0.1, -0.05) is 46.5 Å². The summed E-state index contributed by atoms with van der Waals surface area (Å²) < 4.78 is 36.4. The van der Waals surface area contributed by atoms with Crippen LogP contribution in [0.25, 0.3) is 11.1 Å². The number of nitrogens with one attached hydrogen (secondary N) is 1. The lowest BCUT2D eigenvalue weighted by atomic mass is 9.84. The van der Waals surface area contributed by atoms with Crippen LogP contribution in [-0.2, 0) is 27.5 Å². The van der Waals surface area contributed by atoms with Gasteiger partial charge < -0.3 is 14.2 Å². The Morgan fingerprint density at radius 2 is 1.68 bits per heavy atom. The number of cyclic esters (lactones) is 1. The topological polar surface area (TPSA) is 80.6 Å². The average molecular weight is 542 g/mol. The van der Waals surface area contributed by atoms with Crippen LogP contribution < -0.4 is 10.3 Å². The van der Waals surface area contributed by atoms with Gasteiger partial charge in [0.05, 0.1) is 6.04 Å². The fraction of sp³-hybridized carbons (Fsp3) is 0.379. The van der Waals surface area contributed by atoms with Crippen molar-refractivity contribution < 1.29 is 18.1 Å². The molecule has 1 aliphatic rings. The first-order valence-electron chi connectivity index (χ1n) is 12.8. The third-order valence-corrected chi connectivity index (χ3v) is 8.16. The highest BCUT2D eigenvalue weighted by molar-refractivity contribution is 7.99.